The molecule has 4 nitrogen and oxygen atoms in total. The van der Waals surface area contributed by atoms with Gasteiger partial charge in [0.15, 0.2) is 5.96 Å². The first-order chi connectivity index (χ1) is 11.3. The van der Waals surface area contributed by atoms with Crippen molar-refractivity contribution in [2.45, 2.75) is 43.9 Å². The summed E-state index contributed by atoms with van der Waals surface area (Å²) in [6.45, 7) is 3.75. The van der Waals surface area contributed by atoms with Crippen molar-refractivity contribution in [3.05, 3.63) is 29.8 Å². The van der Waals surface area contributed by atoms with Crippen molar-refractivity contribution in [1.29, 1.82) is 0 Å². The van der Waals surface area contributed by atoms with Crippen LogP contribution in [0.1, 0.15) is 31.7 Å². The van der Waals surface area contributed by atoms with Crippen molar-refractivity contribution in [2.24, 2.45) is 4.99 Å². The molecule has 2 unspecified atom stereocenters. The summed E-state index contributed by atoms with van der Waals surface area (Å²) in [5.41, 5.74) is 1.21. The fourth-order valence-corrected chi connectivity index (χ4v) is 3.79. The summed E-state index contributed by atoms with van der Waals surface area (Å²) in [6, 6.07) is 8.71. The lowest BCUT2D eigenvalue weighted by Gasteiger charge is -2.17. The van der Waals surface area contributed by atoms with Crippen LogP contribution >= 0.6 is 35.7 Å². The third kappa shape index (κ3) is 6.70. The minimum absolute atomic E-state index is 0. The van der Waals surface area contributed by atoms with Gasteiger partial charge in [-0.3, -0.25) is 4.99 Å². The Hall–Kier alpha value is -0.630. The topological polar surface area (TPSA) is 45.7 Å². The highest BCUT2D eigenvalue weighted by molar-refractivity contribution is 14.0. The normalized spacial score (nSPS) is 20.4. The predicted octanol–water partition coefficient (Wildman–Crippen LogP) is 3.69. The number of hydrogen-bond acceptors (Lipinski definition) is 3. The van der Waals surface area contributed by atoms with E-state index >= 15 is 0 Å². The van der Waals surface area contributed by atoms with E-state index in [4.69, 9.17) is 9.73 Å². The van der Waals surface area contributed by atoms with Gasteiger partial charge in [0, 0.05) is 24.4 Å². The quantitative estimate of drug-likeness (QED) is 0.368. The van der Waals surface area contributed by atoms with Gasteiger partial charge in [0.25, 0.3) is 0 Å². The first-order valence-corrected chi connectivity index (χ1v) is 9.75. The largest absolute Gasteiger partial charge is 0.496 e. The van der Waals surface area contributed by atoms with E-state index in [0.29, 0.717) is 6.04 Å². The molecule has 1 aliphatic carbocycles. The first kappa shape index (κ1) is 21.4. The summed E-state index contributed by atoms with van der Waals surface area (Å²) in [5, 5.41) is 7.74. The molecule has 1 saturated carbocycles. The number of thioether (sulfide) groups is 1. The first-order valence-electron chi connectivity index (χ1n) is 8.46. The van der Waals surface area contributed by atoms with Crippen molar-refractivity contribution < 1.29 is 4.74 Å². The Morgan fingerprint density at radius 1 is 1.33 bits per heavy atom. The minimum Gasteiger partial charge on any atom is -0.496 e. The molecule has 1 aromatic rings. The molecule has 1 fully saturated rings. The number of nitrogens with one attached hydrogen (secondary N) is 2. The fraction of sp³-hybridized carbons (Fsp3) is 0.611. The Balaban J connectivity index is 0.00000288. The van der Waals surface area contributed by atoms with Crippen LogP contribution in [0.5, 0.6) is 5.75 Å². The summed E-state index contributed by atoms with van der Waals surface area (Å²) in [7, 11) is 1.72. The van der Waals surface area contributed by atoms with Crippen LogP contribution < -0.4 is 15.4 Å². The van der Waals surface area contributed by atoms with Crippen LogP contribution in [-0.4, -0.2) is 43.7 Å². The van der Waals surface area contributed by atoms with Gasteiger partial charge in [0.2, 0.25) is 0 Å². The predicted molar refractivity (Wildman–Crippen MR) is 116 cm³/mol. The molecule has 2 N–H and O–H groups in total. The van der Waals surface area contributed by atoms with Crippen LogP contribution in [0.3, 0.4) is 0 Å². The second kappa shape index (κ2) is 11.8. The van der Waals surface area contributed by atoms with Gasteiger partial charge in [-0.1, -0.05) is 18.2 Å². The van der Waals surface area contributed by atoms with Gasteiger partial charge in [-0.2, -0.15) is 11.8 Å². The third-order valence-electron chi connectivity index (χ3n) is 4.25. The van der Waals surface area contributed by atoms with Crippen LogP contribution in [-0.2, 0) is 6.42 Å². The van der Waals surface area contributed by atoms with Crippen molar-refractivity contribution in [3.63, 3.8) is 0 Å². The lowest BCUT2D eigenvalue weighted by Crippen LogP contribution is -2.42. The summed E-state index contributed by atoms with van der Waals surface area (Å²) in [6.07, 6.45) is 6.87. The zero-order chi connectivity index (χ0) is 16.5. The van der Waals surface area contributed by atoms with Gasteiger partial charge in [-0.15, -0.1) is 24.0 Å². The van der Waals surface area contributed by atoms with Gasteiger partial charge in [-0.25, -0.2) is 0 Å². The average Bonchev–Trinajstić information content (AvgIpc) is 3.03. The van der Waals surface area contributed by atoms with Crippen LogP contribution in [0.2, 0.25) is 0 Å². The summed E-state index contributed by atoms with van der Waals surface area (Å²) in [5.74, 6) is 1.88. The number of nitrogens with zero attached hydrogens (tertiary/aromatic N) is 1. The standard InChI is InChI=1S/C18H29N3OS.HI/c1-4-19-18(21-15-9-10-16(13-15)23-3)20-12-11-14-7-5-6-8-17(14)22-2;/h5-8,15-16H,4,9-13H2,1-3H3,(H2,19,20,21);1H. The molecule has 0 aliphatic heterocycles. The number of ether oxygens (including phenoxy) is 1. The number of rotatable bonds is 7. The Labute approximate surface area is 167 Å². The molecule has 1 aliphatic rings. The maximum absolute atomic E-state index is 5.40. The Kier molecular flexibility index (Phi) is 10.6. The van der Waals surface area contributed by atoms with E-state index in [2.05, 4.69) is 29.9 Å². The zero-order valence-electron chi connectivity index (χ0n) is 14.9. The lowest BCUT2D eigenvalue weighted by atomic mass is 10.1. The van der Waals surface area contributed by atoms with Crippen molar-refractivity contribution in [2.75, 3.05) is 26.5 Å². The maximum atomic E-state index is 5.40. The molecule has 0 spiro atoms. The molecule has 136 valence electrons. The van der Waals surface area contributed by atoms with E-state index in [9.17, 15) is 0 Å². The van der Waals surface area contributed by atoms with Crippen molar-refractivity contribution in [3.8, 4) is 5.75 Å². The smallest absolute Gasteiger partial charge is 0.191 e. The molecular weight excluding hydrogens is 433 g/mol. The second-order valence-corrected chi connectivity index (χ2v) is 6.97. The lowest BCUT2D eigenvalue weighted by molar-refractivity contribution is 0.410. The number of hydrogen-bond donors (Lipinski definition) is 2. The van der Waals surface area contributed by atoms with Gasteiger partial charge in [0.05, 0.1) is 7.11 Å². The van der Waals surface area contributed by atoms with Crippen LogP contribution in [0.15, 0.2) is 29.3 Å². The summed E-state index contributed by atoms with van der Waals surface area (Å²) >= 11 is 1.98. The van der Waals surface area contributed by atoms with Crippen molar-refractivity contribution >= 4 is 41.7 Å². The average molecular weight is 463 g/mol. The van der Waals surface area contributed by atoms with E-state index < -0.39 is 0 Å². The van der Waals surface area contributed by atoms with Gasteiger partial charge in [0.1, 0.15) is 5.75 Å². The molecular formula is C18H30IN3OS. The molecule has 24 heavy (non-hydrogen) atoms. The maximum Gasteiger partial charge on any atom is 0.191 e. The number of para-hydroxylation sites is 1. The molecule has 0 bridgehead atoms. The zero-order valence-corrected chi connectivity index (χ0v) is 18.0. The molecule has 0 saturated heterocycles. The molecule has 0 radical (unpaired) electrons. The second-order valence-electron chi connectivity index (χ2n) is 5.83. The molecule has 1 aromatic carbocycles. The molecule has 2 atom stereocenters. The molecule has 0 aromatic heterocycles. The van der Waals surface area contributed by atoms with E-state index in [1.165, 1.54) is 24.8 Å². The number of guanidine groups is 1. The van der Waals surface area contributed by atoms with Gasteiger partial charge < -0.3 is 15.4 Å². The number of methoxy groups -OCH3 is 1. The number of aliphatic imine (C=N–C) groups is 1. The van der Waals surface area contributed by atoms with Crippen molar-refractivity contribution in [1.82, 2.24) is 10.6 Å². The number of benzene rings is 1. The molecule has 0 heterocycles. The Morgan fingerprint density at radius 3 is 2.79 bits per heavy atom. The van der Waals surface area contributed by atoms with E-state index in [0.717, 1.165) is 36.5 Å². The van der Waals surface area contributed by atoms with E-state index in [-0.39, 0.29) is 24.0 Å². The van der Waals surface area contributed by atoms with E-state index in [1.807, 2.05) is 30.0 Å². The van der Waals surface area contributed by atoms with Crippen LogP contribution in [0.4, 0.5) is 0 Å². The minimum atomic E-state index is 0. The highest BCUT2D eigenvalue weighted by Crippen LogP contribution is 2.28. The van der Waals surface area contributed by atoms with Crippen LogP contribution in [0.25, 0.3) is 0 Å². The SMILES string of the molecule is CCNC(=NCCc1ccccc1OC)NC1CCC(SC)C1.I. The van der Waals surface area contributed by atoms with E-state index in [1.54, 1.807) is 7.11 Å². The Bertz CT molecular complexity index is 513. The summed E-state index contributed by atoms with van der Waals surface area (Å²) < 4.78 is 5.40. The van der Waals surface area contributed by atoms with Gasteiger partial charge in [-0.05, 0) is 50.5 Å². The highest BCUT2D eigenvalue weighted by atomic mass is 127. The fourth-order valence-electron chi connectivity index (χ4n) is 3.00. The molecule has 6 heteroatoms. The third-order valence-corrected chi connectivity index (χ3v) is 5.34. The monoisotopic (exact) mass is 463 g/mol. The Morgan fingerprint density at radius 2 is 2.12 bits per heavy atom. The van der Waals surface area contributed by atoms with Crippen LogP contribution in [0, 0.1) is 0 Å². The summed E-state index contributed by atoms with van der Waals surface area (Å²) in [4.78, 5) is 4.73. The highest BCUT2D eigenvalue weighted by Gasteiger charge is 2.24. The van der Waals surface area contributed by atoms with Gasteiger partial charge >= 0.3 is 0 Å². The number of halogens is 1. The molecule has 0 amide bonds. The molecule has 2 rings (SSSR count).